The van der Waals surface area contributed by atoms with E-state index in [-0.39, 0.29) is 11.5 Å². The summed E-state index contributed by atoms with van der Waals surface area (Å²) in [5.41, 5.74) is 7.18. The molecule has 0 saturated heterocycles. The lowest BCUT2D eigenvalue weighted by Gasteiger charge is -2.07. The van der Waals surface area contributed by atoms with E-state index in [1.807, 2.05) is 0 Å². The largest absolute Gasteiger partial charge is 0.507 e. The van der Waals surface area contributed by atoms with Gasteiger partial charge in [0.1, 0.15) is 11.5 Å². The SMILES string of the molecule is Nc1ccc(-c2ccccc2O)c(O)c1. The molecular weight excluding hydrogens is 190 g/mol. The fourth-order valence-electron chi connectivity index (χ4n) is 1.48. The van der Waals surface area contributed by atoms with Crippen molar-refractivity contribution in [3.63, 3.8) is 0 Å². The minimum atomic E-state index is 0.0662. The Balaban J connectivity index is 2.60. The number of phenolic OH excluding ortho intramolecular Hbond substituents is 2. The highest BCUT2D eigenvalue weighted by Crippen LogP contribution is 2.35. The molecule has 76 valence electrons. The van der Waals surface area contributed by atoms with Crippen LogP contribution in [0, 0.1) is 0 Å². The highest BCUT2D eigenvalue weighted by molar-refractivity contribution is 5.76. The summed E-state index contributed by atoms with van der Waals surface area (Å²) in [5.74, 6) is 0.203. The molecule has 2 aromatic carbocycles. The molecule has 0 saturated carbocycles. The van der Waals surface area contributed by atoms with Crippen molar-refractivity contribution >= 4 is 5.69 Å². The van der Waals surface area contributed by atoms with Gasteiger partial charge in [0.15, 0.2) is 0 Å². The van der Waals surface area contributed by atoms with Gasteiger partial charge < -0.3 is 15.9 Å². The average molecular weight is 201 g/mol. The highest BCUT2D eigenvalue weighted by atomic mass is 16.3. The quantitative estimate of drug-likeness (QED) is 0.620. The summed E-state index contributed by atoms with van der Waals surface area (Å²) in [5, 5.41) is 19.3. The van der Waals surface area contributed by atoms with Gasteiger partial charge in [-0.1, -0.05) is 18.2 Å². The number of nitrogen functional groups attached to an aromatic ring is 1. The normalized spacial score (nSPS) is 10.1. The van der Waals surface area contributed by atoms with Crippen LogP contribution in [0.15, 0.2) is 42.5 Å². The maximum Gasteiger partial charge on any atom is 0.125 e. The van der Waals surface area contributed by atoms with Gasteiger partial charge in [-0.25, -0.2) is 0 Å². The predicted molar refractivity (Wildman–Crippen MR) is 59.6 cm³/mol. The molecule has 0 aliphatic rings. The van der Waals surface area contributed by atoms with Crippen molar-refractivity contribution in [2.24, 2.45) is 0 Å². The summed E-state index contributed by atoms with van der Waals surface area (Å²) < 4.78 is 0. The summed E-state index contributed by atoms with van der Waals surface area (Å²) in [6.07, 6.45) is 0. The maximum absolute atomic E-state index is 9.68. The number of nitrogens with two attached hydrogens (primary N) is 1. The zero-order valence-corrected chi connectivity index (χ0v) is 8.01. The van der Waals surface area contributed by atoms with Gasteiger partial charge in [0.05, 0.1) is 0 Å². The Bertz CT molecular complexity index is 495. The van der Waals surface area contributed by atoms with Crippen molar-refractivity contribution in [1.82, 2.24) is 0 Å². The first-order chi connectivity index (χ1) is 7.18. The molecule has 0 aliphatic heterocycles. The fourth-order valence-corrected chi connectivity index (χ4v) is 1.48. The van der Waals surface area contributed by atoms with E-state index < -0.39 is 0 Å². The van der Waals surface area contributed by atoms with Gasteiger partial charge in [-0.05, 0) is 18.2 Å². The van der Waals surface area contributed by atoms with Crippen LogP contribution in [-0.4, -0.2) is 10.2 Å². The molecule has 0 fully saturated rings. The van der Waals surface area contributed by atoms with Crippen LogP contribution in [0.4, 0.5) is 5.69 Å². The van der Waals surface area contributed by atoms with Crippen LogP contribution in [0.5, 0.6) is 11.5 Å². The van der Waals surface area contributed by atoms with Gasteiger partial charge in [0.25, 0.3) is 0 Å². The number of hydrogen-bond acceptors (Lipinski definition) is 3. The van der Waals surface area contributed by atoms with Crippen molar-refractivity contribution in [3.05, 3.63) is 42.5 Å². The third-order valence-electron chi connectivity index (χ3n) is 2.22. The Morgan fingerprint density at radius 1 is 0.800 bits per heavy atom. The first-order valence-electron chi connectivity index (χ1n) is 4.55. The zero-order chi connectivity index (χ0) is 10.8. The smallest absolute Gasteiger partial charge is 0.125 e. The summed E-state index contributed by atoms with van der Waals surface area (Å²) in [6, 6.07) is 11.7. The minimum absolute atomic E-state index is 0.0662. The van der Waals surface area contributed by atoms with E-state index in [2.05, 4.69) is 0 Å². The van der Waals surface area contributed by atoms with Crippen LogP contribution in [0.1, 0.15) is 0 Å². The van der Waals surface area contributed by atoms with E-state index in [0.29, 0.717) is 16.8 Å². The van der Waals surface area contributed by atoms with E-state index in [1.165, 1.54) is 6.07 Å². The van der Waals surface area contributed by atoms with Gasteiger partial charge >= 0.3 is 0 Å². The second-order valence-electron chi connectivity index (χ2n) is 3.29. The summed E-state index contributed by atoms with van der Waals surface area (Å²) in [4.78, 5) is 0. The van der Waals surface area contributed by atoms with Gasteiger partial charge in [0, 0.05) is 22.9 Å². The monoisotopic (exact) mass is 201 g/mol. The Labute approximate surface area is 87.4 Å². The molecule has 2 aromatic rings. The molecule has 3 heteroatoms. The first kappa shape index (κ1) is 9.40. The molecule has 0 aromatic heterocycles. The number of para-hydroxylation sites is 1. The van der Waals surface area contributed by atoms with Crippen molar-refractivity contribution in [2.75, 3.05) is 5.73 Å². The van der Waals surface area contributed by atoms with Crippen molar-refractivity contribution in [2.45, 2.75) is 0 Å². The van der Waals surface area contributed by atoms with Gasteiger partial charge in [-0.3, -0.25) is 0 Å². The molecule has 4 N–H and O–H groups in total. The summed E-state index contributed by atoms with van der Waals surface area (Å²) in [6.45, 7) is 0. The van der Waals surface area contributed by atoms with E-state index >= 15 is 0 Å². The maximum atomic E-state index is 9.68. The second kappa shape index (κ2) is 3.53. The number of benzene rings is 2. The zero-order valence-electron chi connectivity index (χ0n) is 8.01. The van der Waals surface area contributed by atoms with Gasteiger partial charge in [-0.2, -0.15) is 0 Å². The van der Waals surface area contributed by atoms with Crippen LogP contribution < -0.4 is 5.73 Å². The number of hydrogen-bond donors (Lipinski definition) is 3. The molecule has 0 radical (unpaired) electrons. The minimum Gasteiger partial charge on any atom is -0.507 e. The lowest BCUT2D eigenvalue weighted by Crippen LogP contribution is -1.85. The van der Waals surface area contributed by atoms with E-state index in [0.717, 1.165) is 0 Å². The molecule has 0 aliphatic carbocycles. The van der Waals surface area contributed by atoms with Gasteiger partial charge in [0.2, 0.25) is 0 Å². The lowest BCUT2D eigenvalue weighted by molar-refractivity contribution is 0.469. The van der Waals surface area contributed by atoms with E-state index in [4.69, 9.17) is 5.73 Å². The van der Waals surface area contributed by atoms with Crippen LogP contribution >= 0.6 is 0 Å². The molecule has 0 unspecified atom stereocenters. The van der Waals surface area contributed by atoms with Crippen molar-refractivity contribution < 1.29 is 10.2 Å². The second-order valence-corrected chi connectivity index (χ2v) is 3.29. The molecule has 0 spiro atoms. The van der Waals surface area contributed by atoms with Crippen LogP contribution in [0.3, 0.4) is 0 Å². The average Bonchev–Trinajstić information content (AvgIpc) is 2.20. The molecule has 2 rings (SSSR count). The van der Waals surface area contributed by atoms with E-state index in [9.17, 15) is 10.2 Å². The summed E-state index contributed by atoms with van der Waals surface area (Å²) in [7, 11) is 0. The summed E-state index contributed by atoms with van der Waals surface area (Å²) >= 11 is 0. The Morgan fingerprint density at radius 3 is 2.13 bits per heavy atom. The van der Waals surface area contributed by atoms with Crippen LogP contribution in [0.25, 0.3) is 11.1 Å². The van der Waals surface area contributed by atoms with Crippen molar-refractivity contribution in [1.29, 1.82) is 0 Å². The molecule has 0 heterocycles. The predicted octanol–water partition coefficient (Wildman–Crippen LogP) is 2.35. The number of aromatic hydroxyl groups is 2. The third kappa shape index (κ3) is 1.72. The van der Waals surface area contributed by atoms with Gasteiger partial charge in [-0.15, -0.1) is 0 Å². The molecular formula is C12H11NO2. The topological polar surface area (TPSA) is 66.5 Å². The Kier molecular flexibility index (Phi) is 2.21. The fraction of sp³-hybridized carbons (Fsp3) is 0. The highest BCUT2D eigenvalue weighted by Gasteiger charge is 2.07. The lowest BCUT2D eigenvalue weighted by atomic mass is 10.0. The molecule has 0 amide bonds. The number of rotatable bonds is 1. The standard InChI is InChI=1S/C12H11NO2/c13-8-5-6-10(12(15)7-8)9-3-1-2-4-11(9)14/h1-7,14-15H,13H2. The third-order valence-corrected chi connectivity index (χ3v) is 2.22. The molecule has 3 nitrogen and oxygen atoms in total. The Morgan fingerprint density at radius 2 is 1.47 bits per heavy atom. The molecule has 15 heavy (non-hydrogen) atoms. The molecule has 0 atom stereocenters. The first-order valence-corrected chi connectivity index (χ1v) is 4.55. The molecule has 0 bridgehead atoms. The Hall–Kier alpha value is -2.16. The van der Waals surface area contributed by atoms with Crippen LogP contribution in [0.2, 0.25) is 0 Å². The van der Waals surface area contributed by atoms with Crippen LogP contribution in [-0.2, 0) is 0 Å². The number of anilines is 1. The number of phenols is 2. The van der Waals surface area contributed by atoms with E-state index in [1.54, 1.807) is 36.4 Å². The van der Waals surface area contributed by atoms with Crippen molar-refractivity contribution in [3.8, 4) is 22.6 Å².